The first-order valence-electron chi connectivity index (χ1n) is 11.2. The molecule has 0 atom stereocenters. The van der Waals surface area contributed by atoms with Gasteiger partial charge >= 0.3 is 198 Å². The predicted molar refractivity (Wildman–Crippen MR) is 129 cm³/mol. The Balaban J connectivity index is 1.56. The fourth-order valence-electron chi connectivity index (χ4n) is 4.82. The Morgan fingerprint density at radius 1 is 0.875 bits per heavy atom. The monoisotopic (exact) mass is 489 g/mol. The fraction of sp³-hybridized carbons (Fsp3) is 0.321. The Hall–Kier alpha value is -2.51. The normalized spacial score (nSPS) is 21.0. The number of rotatable bonds is 7. The zero-order valence-corrected chi connectivity index (χ0v) is 20.6. The molecule has 1 fully saturated rings. The van der Waals surface area contributed by atoms with Crippen LogP contribution in [0.15, 0.2) is 84.9 Å². The Morgan fingerprint density at radius 2 is 1.47 bits per heavy atom. The van der Waals surface area contributed by atoms with Crippen molar-refractivity contribution in [2.45, 2.75) is 40.5 Å². The molecule has 32 heavy (non-hydrogen) atoms. The van der Waals surface area contributed by atoms with Gasteiger partial charge in [-0.3, -0.25) is 0 Å². The van der Waals surface area contributed by atoms with Crippen LogP contribution in [-0.2, 0) is 14.9 Å². The third-order valence-corrected chi connectivity index (χ3v) is 10.4. The topological polar surface area (TPSA) is 35.5 Å². The summed E-state index contributed by atoms with van der Waals surface area (Å²) in [5.74, 6) is 0.663. The van der Waals surface area contributed by atoms with Crippen LogP contribution in [0.25, 0.3) is 0 Å². The second kappa shape index (κ2) is 10.4. The van der Waals surface area contributed by atoms with E-state index in [1.807, 2.05) is 24.3 Å². The van der Waals surface area contributed by atoms with Crippen molar-refractivity contribution in [3.05, 3.63) is 102 Å². The molecule has 1 radical (unpaired) electrons. The molecule has 1 aliphatic carbocycles. The first-order chi connectivity index (χ1) is 15.7. The summed E-state index contributed by atoms with van der Waals surface area (Å²) in [6, 6.07) is 29.7. The molecule has 3 aromatic rings. The van der Waals surface area contributed by atoms with Crippen molar-refractivity contribution >= 4 is 21.7 Å². The van der Waals surface area contributed by atoms with Crippen LogP contribution in [0.2, 0.25) is 4.71 Å². The first kappa shape index (κ1) is 22.7. The molecule has 3 aromatic carbocycles. The number of hydrogen-bond donors (Lipinski definition) is 0. The van der Waals surface area contributed by atoms with E-state index in [4.69, 9.17) is 9.47 Å². The molecule has 0 amide bonds. The van der Waals surface area contributed by atoms with E-state index in [9.17, 15) is 4.79 Å². The molecule has 0 unspecified atom stereocenters. The number of ether oxygens (including phenoxy) is 2. The van der Waals surface area contributed by atoms with Crippen molar-refractivity contribution in [1.82, 2.24) is 0 Å². The summed E-state index contributed by atoms with van der Waals surface area (Å²) in [6.45, 7) is 0. The van der Waals surface area contributed by atoms with Crippen molar-refractivity contribution in [3.8, 4) is 5.75 Å². The SMILES string of the molecule is COC(=O)C1(c2cccc(OC)c2)CCC([As]C(c2ccccc2)c2ccccc2)CC1. The number of carbonyl (C=O) groups excluding carboxylic acids is 1. The second-order valence-electron chi connectivity index (χ2n) is 8.41. The molecule has 0 heterocycles. The average molecular weight is 489 g/mol. The molecule has 0 saturated heterocycles. The third-order valence-electron chi connectivity index (χ3n) is 6.60. The van der Waals surface area contributed by atoms with E-state index in [-0.39, 0.29) is 21.7 Å². The summed E-state index contributed by atoms with van der Waals surface area (Å²) < 4.78 is 11.8. The minimum atomic E-state index is -0.574. The minimum absolute atomic E-state index is 0.0390. The van der Waals surface area contributed by atoms with E-state index in [1.165, 1.54) is 18.2 Å². The molecular formula is C28H30AsO3. The number of carbonyl (C=O) groups is 1. The van der Waals surface area contributed by atoms with Gasteiger partial charge in [0.05, 0.1) is 0 Å². The Morgan fingerprint density at radius 3 is 2.00 bits per heavy atom. The van der Waals surface area contributed by atoms with Gasteiger partial charge in [0, 0.05) is 0 Å². The zero-order chi connectivity index (χ0) is 22.4. The first-order valence-corrected chi connectivity index (χ1v) is 13.4. The van der Waals surface area contributed by atoms with E-state index in [0.717, 1.165) is 37.0 Å². The molecule has 0 aromatic heterocycles. The van der Waals surface area contributed by atoms with Crippen molar-refractivity contribution in [2.24, 2.45) is 0 Å². The van der Waals surface area contributed by atoms with Gasteiger partial charge in [-0.1, -0.05) is 0 Å². The van der Waals surface area contributed by atoms with E-state index >= 15 is 0 Å². The van der Waals surface area contributed by atoms with Crippen LogP contribution in [0.1, 0.15) is 47.1 Å². The molecule has 0 aliphatic heterocycles. The quantitative estimate of drug-likeness (QED) is 0.303. The molecule has 0 N–H and O–H groups in total. The van der Waals surface area contributed by atoms with Gasteiger partial charge in [-0.05, 0) is 0 Å². The van der Waals surface area contributed by atoms with Crippen molar-refractivity contribution < 1.29 is 14.3 Å². The van der Waals surface area contributed by atoms with E-state index in [1.54, 1.807) is 7.11 Å². The maximum atomic E-state index is 13.0. The molecule has 165 valence electrons. The van der Waals surface area contributed by atoms with Crippen LogP contribution in [0.5, 0.6) is 5.75 Å². The van der Waals surface area contributed by atoms with Gasteiger partial charge in [-0.25, -0.2) is 0 Å². The van der Waals surface area contributed by atoms with Gasteiger partial charge < -0.3 is 0 Å². The van der Waals surface area contributed by atoms with Crippen LogP contribution in [-0.4, -0.2) is 35.9 Å². The molecule has 0 spiro atoms. The van der Waals surface area contributed by atoms with Gasteiger partial charge in [-0.15, -0.1) is 0 Å². The van der Waals surface area contributed by atoms with Crippen LogP contribution in [0, 0.1) is 0 Å². The number of benzene rings is 3. The van der Waals surface area contributed by atoms with Crippen LogP contribution >= 0.6 is 0 Å². The molecule has 4 rings (SSSR count). The Bertz CT molecular complexity index is 972. The van der Waals surface area contributed by atoms with Crippen molar-refractivity contribution in [1.29, 1.82) is 0 Å². The van der Waals surface area contributed by atoms with Crippen LogP contribution < -0.4 is 4.74 Å². The van der Waals surface area contributed by atoms with Gasteiger partial charge in [-0.2, -0.15) is 0 Å². The molecule has 0 bridgehead atoms. The summed E-state index contributed by atoms with van der Waals surface area (Å²) in [5.41, 5.74) is 3.24. The number of hydrogen-bond acceptors (Lipinski definition) is 3. The van der Waals surface area contributed by atoms with Crippen molar-refractivity contribution in [2.75, 3.05) is 14.2 Å². The van der Waals surface area contributed by atoms with E-state index in [2.05, 4.69) is 60.7 Å². The predicted octanol–water partition coefficient (Wildman–Crippen LogP) is 5.96. The number of methoxy groups -OCH3 is 2. The molecule has 1 aliphatic rings. The van der Waals surface area contributed by atoms with Gasteiger partial charge in [0.25, 0.3) is 0 Å². The number of esters is 1. The Labute approximate surface area is 197 Å². The summed E-state index contributed by atoms with van der Waals surface area (Å²) in [6.07, 6.45) is 3.73. The standard InChI is InChI=1S/C28H30AsO3/c1-31-25-15-9-14-23(20-25)28(27(30)32-2)18-16-24(17-19-28)29-26(21-10-5-3-6-11-21)22-12-7-4-8-13-22/h3-15,20,24,26H,16-19H2,1-2H3. The van der Waals surface area contributed by atoms with E-state index in [0.29, 0.717) is 9.41 Å². The molecule has 3 nitrogen and oxygen atoms in total. The van der Waals surface area contributed by atoms with Crippen LogP contribution in [0.4, 0.5) is 0 Å². The van der Waals surface area contributed by atoms with Crippen LogP contribution in [0.3, 0.4) is 0 Å². The van der Waals surface area contributed by atoms with Gasteiger partial charge in [0.2, 0.25) is 0 Å². The van der Waals surface area contributed by atoms with Gasteiger partial charge in [0.1, 0.15) is 0 Å². The summed E-state index contributed by atoms with van der Waals surface area (Å²) in [7, 11) is 3.17. The molecule has 4 heteroatoms. The summed E-state index contributed by atoms with van der Waals surface area (Å²) in [4.78, 5) is 13.0. The maximum absolute atomic E-state index is 13.0. The molecule has 1 saturated carbocycles. The average Bonchev–Trinajstić information content (AvgIpc) is 2.88. The fourth-order valence-corrected chi connectivity index (χ4v) is 8.31. The summed E-state index contributed by atoms with van der Waals surface area (Å²) in [5, 5.41) is 0. The molecular weight excluding hydrogens is 459 g/mol. The third kappa shape index (κ3) is 4.78. The van der Waals surface area contributed by atoms with Gasteiger partial charge in [0.15, 0.2) is 0 Å². The summed E-state index contributed by atoms with van der Waals surface area (Å²) >= 11 is 0.0390. The zero-order valence-electron chi connectivity index (χ0n) is 18.7. The van der Waals surface area contributed by atoms with Crippen molar-refractivity contribution in [3.63, 3.8) is 0 Å². The Kier molecular flexibility index (Phi) is 7.37. The van der Waals surface area contributed by atoms with E-state index < -0.39 is 5.41 Å². The second-order valence-corrected chi connectivity index (χ2v) is 11.7.